The number of nitrogens with zero attached hydrogens (tertiary/aromatic N) is 1. The summed E-state index contributed by atoms with van der Waals surface area (Å²) in [6.07, 6.45) is 6.77. The first-order valence-electron chi connectivity index (χ1n) is 4.90. The van der Waals surface area contributed by atoms with Gasteiger partial charge in [-0.1, -0.05) is 12.2 Å². The number of hydrogen-bond donors (Lipinski definition) is 0. The van der Waals surface area contributed by atoms with Crippen LogP contribution in [0, 0.1) is 0 Å². The van der Waals surface area contributed by atoms with Crippen molar-refractivity contribution >= 4 is 5.91 Å². The number of ether oxygens (including phenoxy) is 1. The molecule has 2 rings (SSSR count). The van der Waals surface area contributed by atoms with Gasteiger partial charge in [0.25, 0.3) is 0 Å². The highest BCUT2D eigenvalue weighted by Gasteiger charge is 2.26. The van der Waals surface area contributed by atoms with Crippen molar-refractivity contribution in [2.45, 2.75) is 25.3 Å². The molecule has 0 aromatic carbocycles. The fourth-order valence-corrected chi connectivity index (χ4v) is 1.90. The van der Waals surface area contributed by atoms with Crippen LogP contribution in [0.2, 0.25) is 0 Å². The van der Waals surface area contributed by atoms with Gasteiger partial charge in [-0.05, 0) is 12.8 Å². The third kappa shape index (κ3) is 1.91. The van der Waals surface area contributed by atoms with Crippen LogP contribution in [0.4, 0.5) is 0 Å². The van der Waals surface area contributed by atoms with Crippen LogP contribution in [0.15, 0.2) is 12.2 Å². The molecule has 2 heterocycles. The van der Waals surface area contributed by atoms with Crippen LogP contribution in [0.1, 0.15) is 19.3 Å². The molecular formula is C10H15NO2. The van der Waals surface area contributed by atoms with Crippen LogP contribution in [-0.4, -0.2) is 36.6 Å². The summed E-state index contributed by atoms with van der Waals surface area (Å²) in [5.41, 5.74) is 0. The molecule has 0 aliphatic carbocycles. The summed E-state index contributed by atoms with van der Waals surface area (Å²) >= 11 is 0. The molecule has 0 bridgehead atoms. The zero-order valence-electron chi connectivity index (χ0n) is 7.74. The van der Waals surface area contributed by atoms with Gasteiger partial charge < -0.3 is 9.64 Å². The highest BCUT2D eigenvalue weighted by Crippen LogP contribution is 2.16. The Hall–Kier alpha value is -0.830. The van der Waals surface area contributed by atoms with E-state index in [1.54, 1.807) is 0 Å². The molecule has 13 heavy (non-hydrogen) atoms. The summed E-state index contributed by atoms with van der Waals surface area (Å²) < 4.78 is 5.36. The minimum Gasteiger partial charge on any atom is -0.377 e. The molecule has 1 unspecified atom stereocenters. The number of fused-ring (bicyclic) bond motifs is 1. The number of allylic oxidation sites excluding steroid dienone is 1. The maximum Gasteiger partial charge on any atom is 0.223 e. The predicted molar refractivity (Wildman–Crippen MR) is 49.3 cm³/mol. The van der Waals surface area contributed by atoms with E-state index in [-0.39, 0.29) is 11.9 Å². The molecule has 1 atom stereocenters. The molecule has 72 valence electrons. The maximum atomic E-state index is 11.6. The van der Waals surface area contributed by atoms with Gasteiger partial charge in [-0.15, -0.1) is 0 Å². The minimum atomic E-state index is 0.289. The Balaban J connectivity index is 2.09. The van der Waals surface area contributed by atoms with E-state index >= 15 is 0 Å². The molecule has 2 aliphatic rings. The van der Waals surface area contributed by atoms with E-state index in [0.717, 1.165) is 19.4 Å². The van der Waals surface area contributed by atoms with Gasteiger partial charge in [0.2, 0.25) is 5.91 Å². The predicted octanol–water partition coefficient (Wildman–Crippen LogP) is 0.954. The quantitative estimate of drug-likeness (QED) is 0.521. The van der Waals surface area contributed by atoms with E-state index < -0.39 is 0 Å². The molecule has 0 N–H and O–H groups in total. The van der Waals surface area contributed by atoms with E-state index in [1.807, 2.05) is 4.90 Å². The van der Waals surface area contributed by atoms with Crippen LogP contribution in [0.5, 0.6) is 0 Å². The Kier molecular flexibility index (Phi) is 2.64. The lowest BCUT2D eigenvalue weighted by Gasteiger charge is -2.36. The molecular weight excluding hydrogens is 166 g/mol. The van der Waals surface area contributed by atoms with Crippen molar-refractivity contribution in [1.29, 1.82) is 0 Å². The summed E-state index contributed by atoms with van der Waals surface area (Å²) in [6, 6.07) is 0.290. The summed E-state index contributed by atoms with van der Waals surface area (Å²) in [4.78, 5) is 13.6. The summed E-state index contributed by atoms with van der Waals surface area (Å²) in [6.45, 7) is 2.18. The van der Waals surface area contributed by atoms with Gasteiger partial charge in [0.15, 0.2) is 0 Å². The summed E-state index contributed by atoms with van der Waals surface area (Å²) in [5.74, 6) is 0.289. The second-order valence-corrected chi connectivity index (χ2v) is 3.56. The molecule has 1 saturated heterocycles. The van der Waals surface area contributed by atoms with Gasteiger partial charge in [0.05, 0.1) is 19.3 Å². The molecule has 0 radical (unpaired) electrons. The Morgan fingerprint density at radius 2 is 2.38 bits per heavy atom. The van der Waals surface area contributed by atoms with E-state index in [1.165, 1.54) is 0 Å². The lowest BCUT2D eigenvalue weighted by atomic mass is 10.1. The molecule has 0 aromatic rings. The number of morpholine rings is 1. The first-order valence-corrected chi connectivity index (χ1v) is 4.90. The van der Waals surface area contributed by atoms with Crippen LogP contribution < -0.4 is 0 Å². The molecule has 0 aromatic heterocycles. The normalized spacial score (nSPS) is 31.8. The first kappa shape index (κ1) is 8.75. The molecule has 3 heteroatoms. The molecule has 1 fully saturated rings. The average molecular weight is 181 g/mol. The van der Waals surface area contributed by atoms with Crippen molar-refractivity contribution < 1.29 is 9.53 Å². The average Bonchev–Trinajstić information content (AvgIpc) is 2.14. The lowest BCUT2D eigenvalue weighted by molar-refractivity contribution is -0.139. The second-order valence-electron chi connectivity index (χ2n) is 3.56. The number of hydrogen-bond acceptors (Lipinski definition) is 2. The maximum absolute atomic E-state index is 11.6. The van der Waals surface area contributed by atoms with Crippen molar-refractivity contribution in [2.75, 3.05) is 19.8 Å². The first-order chi connectivity index (χ1) is 6.38. The highest BCUT2D eigenvalue weighted by atomic mass is 16.5. The number of carbonyl (C=O) groups is 1. The largest absolute Gasteiger partial charge is 0.377 e. The van der Waals surface area contributed by atoms with Crippen molar-refractivity contribution in [3.8, 4) is 0 Å². The van der Waals surface area contributed by atoms with Gasteiger partial charge in [-0.2, -0.15) is 0 Å². The van der Waals surface area contributed by atoms with Crippen molar-refractivity contribution in [1.82, 2.24) is 4.90 Å². The van der Waals surface area contributed by atoms with Gasteiger partial charge in [-0.3, -0.25) is 4.79 Å². The minimum absolute atomic E-state index is 0.289. The smallest absolute Gasteiger partial charge is 0.223 e. The van der Waals surface area contributed by atoms with Crippen LogP contribution in [-0.2, 0) is 9.53 Å². The highest BCUT2D eigenvalue weighted by molar-refractivity contribution is 5.77. The fraction of sp³-hybridized carbons (Fsp3) is 0.700. The van der Waals surface area contributed by atoms with Crippen molar-refractivity contribution in [3.05, 3.63) is 12.2 Å². The van der Waals surface area contributed by atoms with Gasteiger partial charge in [0, 0.05) is 13.0 Å². The van der Waals surface area contributed by atoms with E-state index in [2.05, 4.69) is 12.2 Å². The topological polar surface area (TPSA) is 29.5 Å². The van der Waals surface area contributed by atoms with Crippen LogP contribution in [0.25, 0.3) is 0 Å². The summed E-state index contributed by atoms with van der Waals surface area (Å²) in [7, 11) is 0. The third-order valence-corrected chi connectivity index (χ3v) is 2.65. The molecule has 0 spiro atoms. The SMILES string of the molecule is O=C1CC/C=C\CC2COCCN12. The zero-order valence-corrected chi connectivity index (χ0v) is 7.74. The molecule has 2 aliphatic heterocycles. The van der Waals surface area contributed by atoms with Crippen molar-refractivity contribution in [2.24, 2.45) is 0 Å². The van der Waals surface area contributed by atoms with E-state index in [0.29, 0.717) is 19.6 Å². The number of amides is 1. The van der Waals surface area contributed by atoms with E-state index in [9.17, 15) is 4.79 Å². The third-order valence-electron chi connectivity index (χ3n) is 2.65. The Morgan fingerprint density at radius 3 is 3.31 bits per heavy atom. The van der Waals surface area contributed by atoms with Gasteiger partial charge >= 0.3 is 0 Å². The monoisotopic (exact) mass is 181 g/mol. The Bertz CT molecular complexity index is 225. The number of rotatable bonds is 0. The molecule has 3 nitrogen and oxygen atoms in total. The lowest BCUT2D eigenvalue weighted by Crippen LogP contribution is -2.48. The summed E-state index contributed by atoms with van der Waals surface area (Å²) in [5, 5.41) is 0. The van der Waals surface area contributed by atoms with Crippen LogP contribution >= 0.6 is 0 Å². The van der Waals surface area contributed by atoms with Crippen LogP contribution in [0.3, 0.4) is 0 Å². The van der Waals surface area contributed by atoms with Gasteiger partial charge in [-0.25, -0.2) is 0 Å². The standard InChI is InChI=1S/C10H15NO2/c12-10-5-3-1-2-4-9-8-13-7-6-11(9)10/h1-2,9H,3-8H2/b2-1-. The second kappa shape index (κ2) is 3.92. The fourth-order valence-electron chi connectivity index (χ4n) is 1.90. The molecule has 0 saturated carbocycles. The Morgan fingerprint density at radius 1 is 1.46 bits per heavy atom. The number of carbonyl (C=O) groups excluding carboxylic acids is 1. The Labute approximate surface area is 78.4 Å². The zero-order chi connectivity index (χ0) is 9.10. The van der Waals surface area contributed by atoms with Crippen molar-refractivity contribution in [3.63, 3.8) is 0 Å². The van der Waals surface area contributed by atoms with Gasteiger partial charge in [0.1, 0.15) is 0 Å². The van der Waals surface area contributed by atoms with E-state index in [4.69, 9.17) is 4.74 Å². The molecule has 1 amide bonds.